The highest BCUT2D eigenvalue weighted by Crippen LogP contribution is 2.28. The van der Waals surface area contributed by atoms with Gasteiger partial charge in [-0.3, -0.25) is 9.71 Å². The van der Waals surface area contributed by atoms with Crippen molar-refractivity contribution >= 4 is 15.8 Å². The molecule has 0 unspecified atom stereocenters. The first kappa shape index (κ1) is 21.6. The molecule has 0 atom stereocenters. The van der Waals surface area contributed by atoms with E-state index in [1.807, 2.05) is 12.1 Å². The van der Waals surface area contributed by atoms with E-state index < -0.39 is 10.0 Å². The molecule has 0 bridgehead atoms. The third-order valence-electron chi connectivity index (χ3n) is 4.08. The highest BCUT2D eigenvalue weighted by atomic mass is 32.2. The van der Waals surface area contributed by atoms with Crippen LogP contribution in [0, 0.1) is 6.92 Å². The quantitative estimate of drug-likeness (QED) is 0.495. The van der Waals surface area contributed by atoms with E-state index in [1.165, 1.54) is 25.6 Å². The maximum absolute atomic E-state index is 13.1. The lowest BCUT2D eigenvalue weighted by Gasteiger charge is -2.13. The molecular formula is C20H22N4O5S. The van der Waals surface area contributed by atoms with Crippen molar-refractivity contribution < 1.29 is 23.0 Å². The molecule has 0 aliphatic carbocycles. The summed E-state index contributed by atoms with van der Waals surface area (Å²) in [6, 6.07) is 10.2. The van der Waals surface area contributed by atoms with Crippen molar-refractivity contribution in [2.24, 2.45) is 0 Å². The molecule has 2 aromatic heterocycles. The maximum Gasteiger partial charge on any atom is 0.265 e. The molecule has 10 heteroatoms. The fourth-order valence-corrected chi connectivity index (χ4v) is 3.87. The number of anilines is 1. The van der Waals surface area contributed by atoms with Gasteiger partial charge < -0.3 is 14.6 Å². The van der Waals surface area contributed by atoms with Gasteiger partial charge in [0.1, 0.15) is 4.90 Å². The standard InChI is InChI=1S/C20H22N4O5S/c1-14-12-22-19(20(23-14)28-2)24-30(26,27)17-4-3-9-21-18(17)16-7-5-15(6-8-16)13-29-11-10-25/h3-9,12,25H,10-11,13H2,1-2H3,(H,22,24). The first-order valence-corrected chi connectivity index (χ1v) is 10.6. The van der Waals surface area contributed by atoms with E-state index in [0.717, 1.165) is 5.56 Å². The number of methoxy groups -OCH3 is 1. The van der Waals surface area contributed by atoms with Crippen LogP contribution < -0.4 is 9.46 Å². The Morgan fingerprint density at radius 2 is 1.90 bits per heavy atom. The van der Waals surface area contributed by atoms with Crippen molar-refractivity contribution in [1.29, 1.82) is 0 Å². The molecule has 9 nitrogen and oxygen atoms in total. The van der Waals surface area contributed by atoms with Crippen molar-refractivity contribution in [2.75, 3.05) is 25.0 Å². The van der Waals surface area contributed by atoms with Gasteiger partial charge in [-0.1, -0.05) is 24.3 Å². The predicted molar refractivity (Wildman–Crippen MR) is 111 cm³/mol. The van der Waals surface area contributed by atoms with Crippen molar-refractivity contribution in [2.45, 2.75) is 18.4 Å². The molecule has 2 heterocycles. The minimum absolute atomic E-state index is 0.00120. The Kier molecular flexibility index (Phi) is 6.93. The Balaban J connectivity index is 1.91. The summed E-state index contributed by atoms with van der Waals surface area (Å²) < 4.78 is 39.0. The lowest BCUT2D eigenvalue weighted by Crippen LogP contribution is -2.16. The summed E-state index contributed by atoms with van der Waals surface area (Å²) in [6.07, 6.45) is 2.97. The lowest BCUT2D eigenvalue weighted by atomic mass is 10.1. The van der Waals surface area contributed by atoms with Gasteiger partial charge in [0.2, 0.25) is 5.82 Å². The monoisotopic (exact) mass is 430 g/mol. The van der Waals surface area contributed by atoms with E-state index in [0.29, 0.717) is 23.6 Å². The Morgan fingerprint density at radius 3 is 2.60 bits per heavy atom. The number of rotatable bonds is 9. The highest BCUT2D eigenvalue weighted by Gasteiger charge is 2.23. The van der Waals surface area contributed by atoms with Gasteiger partial charge in [-0.15, -0.1) is 0 Å². The molecule has 3 aromatic rings. The van der Waals surface area contributed by atoms with Gasteiger partial charge in [0.05, 0.1) is 44.5 Å². The van der Waals surface area contributed by atoms with Crippen LogP contribution in [0.4, 0.5) is 5.82 Å². The molecule has 0 spiro atoms. The van der Waals surface area contributed by atoms with Crippen LogP contribution in [0.15, 0.2) is 53.7 Å². The molecule has 1 aromatic carbocycles. The van der Waals surface area contributed by atoms with E-state index >= 15 is 0 Å². The van der Waals surface area contributed by atoms with Crippen molar-refractivity contribution in [3.8, 4) is 17.1 Å². The topological polar surface area (TPSA) is 124 Å². The summed E-state index contributed by atoms with van der Waals surface area (Å²) in [5.41, 5.74) is 2.42. The zero-order chi connectivity index (χ0) is 21.6. The van der Waals surface area contributed by atoms with Crippen LogP contribution in [-0.2, 0) is 21.4 Å². The summed E-state index contributed by atoms with van der Waals surface area (Å²) in [4.78, 5) is 12.5. The SMILES string of the molecule is COc1nc(C)cnc1NS(=O)(=O)c1cccnc1-c1ccc(COCCO)cc1. The molecule has 158 valence electrons. The van der Waals surface area contributed by atoms with Crippen LogP contribution in [0.5, 0.6) is 5.88 Å². The third-order valence-corrected chi connectivity index (χ3v) is 5.45. The lowest BCUT2D eigenvalue weighted by molar-refractivity contribution is 0.0815. The summed E-state index contributed by atoms with van der Waals surface area (Å²) in [5, 5.41) is 8.78. The summed E-state index contributed by atoms with van der Waals surface area (Å²) in [6.45, 7) is 2.28. The molecule has 0 radical (unpaired) electrons. The Hall–Kier alpha value is -3.08. The molecule has 30 heavy (non-hydrogen) atoms. The minimum Gasteiger partial charge on any atom is -0.478 e. The average molecular weight is 430 g/mol. The van der Waals surface area contributed by atoms with Crippen LogP contribution in [-0.4, -0.2) is 48.8 Å². The minimum atomic E-state index is -4.01. The first-order valence-electron chi connectivity index (χ1n) is 9.08. The number of aromatic nitrogens is 3. The number of aliphatic hydroxyl groups excluding tert-OH is 1. The highest BCUT2D eigenvalue weighted by molar-refractivity contribution is 7.92. The second-order valence-electron chi connectivity index (χ2n) is 6.30. The van der Waals surface area contributed by atoms with E-state index in [2.05, 4.69) is 19.7 Å². The van der Waals surface area contributed by atoms with Gasteiger partial charge in [0.25, 0.3) is 15.9 Å². The van der Waals surface area contributed by atoms with Crippen LogP contribution in [0.2, 0.25) is 0 Å². The van der Waals surface area contributed by atoms with Crippen molar-refractivity contribution in [3.63, 3.8) is 0 Å². The van der Waals surface area contributed by atoms with Gasteiger partial charge in [0, 0.05) is 11.8 Å². The second kappa shape index (κ2) is 9.61. The van der Waals surface area contributed by atoms with Crippen molar-refractivity contribution in [3.05, 3.63) is 60.0 Å². The number of nitrogens with zero attached hydrogens (tertiary/aromatic N) is 3. The number of aliphatic hydroxyl groups is 1. The number of hydrogen-bond acceptors (Lipinski definition) is 8. The van der Waals surface area contributed by atoms with E-state index in [9.17, 15) is 8.42 Å². The molecular weight excluding hydrogens is 408 g/mol. The van der Waals surface area contributed by atoms with Crippen LogP contribution in [0.3, 0.4) is 0 Å². The van der Waals surface area contributed by atoms with Gasteiger partial charge >= 0.3 is 0 Å². The smallest absolute Gasteiger partial charge is 0.265 e. The Bertz CT molecular complexity index is 1100. The molecule has 0 aliphatic heterocycles. The van der Waals surface area contributed by atoms with Gasteiger partial charge in [0.15, 0.2) is 0 Å². The summed E-state index contributed by atoms with van der Waals surface area (Å²) in [7, 11) is -2.62. The molecule has 3 rings (SSSR count). The number of benzene rings is 1. The number of ether oxygens (including phenoxy) is 2. The number of aryl methyl sites for hydroxylation is 1. The van der Waals surface area contributed by atoms with E-state index in [1.54, 1.807) is 25.1 Å². The van der Waals surface area contributed by atoms with Crippen LogP contribution in [0.1, 0.15) is 11.3 Å². The van der Waals surface area contributed by atoms with Gasteiger partial charge in [-0.25, -0.2) is 18.4 Å². The Labute approximate surface area is 174 Å². The van der Waals surface area contributed by atoms with Crippen LogP contribution >= 0.6 is 0 Å². The molecule has 0 aliphatic rings. The van der Waals surface area contributed by atoms with Crippen molar-refractivity contribution in [1.82, 2.24) is 15.0 Å². The average Bonchev–Trinajstić information content (AvgIpc) is 2.75. The van der Waals surface area contributed by atoms with E-state index in [-0.39, 0.29) is 29.8 Å². The predicted octanol–water partition coefficient (Wildman–Crippen LogP) is 2.17. The fourth-order valence-electron chi connectivity index (χ4n) is 2.69. The van der Waals surface area contributed by atoms with Gasteiger partial charge in [-0.2, -0.15) is 0 Å². The maximum atomic E-state index is 13.1. The number of pyridine rings is 1. The summed E-state index contributed by atoms with van der Waals surface area (Å²) in [5.74, 6) is 0.0746. The fraction of sp³-hybridized carbons (Fsp3) is 0.250. The first-order chi connectivity index (χ1) is 14.4. The molecule has 0 saturated heterocycles. The largest absolute Gasteiger partial charge is 0.478 e. The van der Waals surface area contributed by atoms with Gasteiger partial charge in [-0.05, 0) is 24.6 Å². The number of nitrogens with one attached hydrogen (secondary N) is 1. The molecule has 0 fully saturated rings. The summed E-state index contributed by atoms with van der Waals surface area (Å²) >= 11 is 0. The van der Waals surface area contributed by atoms with E-state index in [4.69, 9.17) is 14.6 Å². The third kappa shape index (κ3) is 5.09. The van der Waals surface area contributed by atoms with Crippen LogP contribution in [0.25, 0.3) is 11.3 Å². The number of sulfonamides is 1. The Morgan fingerprint density at radius 1 is 1.13 bits per heavy atom. The zero-order valence-corrected chi connectivity index (χ0v) is 17.4. The molecule has 0 saturated carbocycles. The normalized spacial score (nSPS) is 11.3. The zero-order valence-electron chi connectivity index (χ0n) is 16.6. The molecule has 2 N–H and O–H groups in total. The second-order valence-corrected chi connectivity index (χ2v) is 7.95. The molecule has 0 amide bonds. The number of hydrogen-bond donors (Lipinski definition) is 2.